The van der Waals surface area contributed by atoms with Gasteiger partial charge in [0.05, 0.1) is 18.0 Å². The van der Waals surface area contributed by atoms with Crippen LogP contribution in [0.25, 0.3) is 10.9 Å². The van der Waals surface area contributed by atoms with Gasteiger partial charge in [-0.25, -0.2) is 0 Å². The van der Waals surface area contributed by atoms with Crippen LogP contribution in [0.3, 0.4) is 0 Å². The van der Waals surface area contributed by atoms with E-state index < -0.39 is 0 Å². The van der Waals surface area contributed by atoms with Crippen molar-refractivity contribution in [3.05, 3.63) is 35.5 Å². The molecule has 0 radical (unpaired) electrons. The molecule has 22 heavy (non-hydrogen) atoms. The van der Waals surface area contributed by atoms with Crippen molar-refractivity contribution in [1.82, 2.24) is 9.47 Å². The maximum atomic E-state index is 13.1. The SMILES string of the molecule is CC[C@]12CCCN3CCc4c(n(c5ccccc45)CC1=O)[C@H]32. The lowest BCUT2D eigenvalue weighted by Gasteiger charge is -2.53. The average molecular weight is 294 g/mol. The van der Waals surface area contributed by atoms with Gasteiger partial charge in [0.1, 0.15) is 0 Å². The topological polar surface area (TPSA) is 25.2 Å². The van der Waals surface area contributed by atoms with Crippen molar-refractivity contribution in [3.63, 3.8) is 0 Å². The molecule has 114 valence electrons. The molecule has 3 heteroatoms. The normalized spacial score (nSPS) is 30.6. The molecule has 0 N–H and O–H groups in total. The Bertz CT molecular complexity index is 790. The Morgan fingerprint density at radius 1 is 1.27 bits per heavy atom. The van der Waals surface area contributed by atoms with Gasteiger partial charge < -0.3 is 4.57 Å². The molecular formula is C19H22N2O. The van der Waals surface area contributed by atoms with Crippen molar-refractivity contribution >= 4 is 16.7 Å². The van der Waals surface area contributed by atoms with Crippen LogP contribution in [0.2, 0.25) is 0 Å². The minimum atomic E-state index is -0.127. The second kappa shape index (κ2) is 4.23. The fourth-order valence-electron chi connectivity index (χ4n) is 5.44. The van der Waals surface area contributed by atoms with E-state index in [0.717, 1.165) is 32.4 Å². The van der Waals surface area contributed by atoms with Gasteiger partial charge >= 0.3 is 0 Å². The molecule has 1 fully saturated rings. The van der Waals surface area contributed by atoms with Crippen LogP contribution in [-0.4, -0.2) is 28.3 Å². The minimum absolute atomic E-state index is 0.127. The number of fused-ring (bicyclic) bond motifs is 3. The molecule has 1 saturated heterocycles. The summed E-state index contributed by atoms with van der Waals surface area (Å²) in [7, 11) is 0. The van der Waals surface area contributed by atoms with Crippen LogP contribution < -0.4 is 0 Å². The van der Waals surface area contributed by atoms with E-state index in [2.05, 4.69) is 40.7 Å². The van der Waals surface area contributed by atoms with Crippen molar-refractivity contribution in [2.75, 3.05) is 13.1 Å². The summed E-state index contributed by atoms with van der Waals surface area (Å²) in [5, 5.41) is 1.38. The van der Waals surface area contributed by atoms with Crippen LogP contribution in [0.5, 0.6) is 0 Å². The highest BCUT2D eigenvalue weighted by molar-refractivity contribution is 5.93. The van der Waals surface area contributed by atoms with E-state index in [0.29, 0.717) is 18.4 Å². The lowest BCUT2D eigenvalue weighted by molar-refractivity contribution is -0.141. The second-order valence-corrected chi connectivity index (χ2v) is 7.19. The molecule has 0 aliphatic carbocycles. The maximum Gasteiger partial charge on any atom is 0.160 e. The van der Waals surface area contributed by atoms with Crippen LogP contribution in [-0.2, 0) is 17.8 Å². The number of hydrogen-bond donors (Lipinski definition) is 0. The smallest absolute Gasteiger partial charge is 0.160 e. The third kappa shape index (κ3) is 1.34. The number of piperidine rings is 1. The first-order valence-electron chi connectivity index (χ1n) is 8.63. The highest BCUT2D eigenvalue weighted by atomic mass is 16.1. The van der Waals surface area contributed by atoms with Crippen molar-refractivity contribution in [1.29, 1.82) is 0 Å². The van der Waals surface area contributed by atoms with Crippen molar-refractivity contribution in [2.24, 2.45) is 5.41 Å². The quantitative estimate of drug-likeness (QED) is 0.806. The van der Waals surface area contributed by atoms with E-state index in [1.54, 1.807) is 0 Å². The van der Waals surface area contributed by atoms with Crippen molar-refractivity contribution < 1.29 is 4.79 Å². The number of nitrogens with zero attached hydrogens (tertiary/aromatic N) is 2. The van der Waals surface area contributed by atoms with Crippen LogP contribution >= 0.6 is 0 Å². The molecule has 0 amide bonds. The largest absolute Gasteiger partial charge is 0.335 e. The lowest BCUT2D eigenvalue weighted by atomic mass is 9.64. The third-order valence-electron chi connectivity index (χ3n) is 6.47. The molecular weight excluding hydrogens is 272 g/mol. The van der Waals surface area contributed by atoms with E-state index in [4.69, 9.17) is 0 Å². The molecule has 3 aliphatic rings. The van der Waals surface area contributed by atoms with Gasteiger partial charge in [-0.05, 0) is 43.9 Å². The van der Waals surface area contributed by atoms with Gasteiger partial charge in [0, 0.05) is 23.1 Å². The highest BCUT2D eigenvalue weighted by Gasteiger charge is 2.54. The summed E-state index contributed by atoms with van der Waals surface area (Å²) >= 11 is 0. The summed E-state index contributed by atoms with van der Waals surface area (Å²) in [5.41, 5.74) is 4.12. The number of para-hydroxylation sites is 1. The maximum absolute atomic E-state index is 13.1. The van der Waals surface area contributed by atoms with Gasteiger partial charge in [-0.2, -0.15) is 0 Å². The van der Waals surface area contributed by atoms with Gasteiger partial charge in [-0.3, -0.25) is 9.69 Å². The molecule has 2 atom stereocenters. The van der Waals surface area contributed by atoms with Gasteiger partial charge in [0.25, 0.3) is 0 Å². The number of carbonyl (C=O) groups is 1. The monoisotopic (exact) mass is 294 g/mol. The molecule has 3 nitrogen and oxygen atoms in total. The number of hydrogen-bond acceptors (Lipinski definition) is 2. The molecule has 1 aromatic heterocycles. The Morgan fingerprint density at radius 3 is 3.00 bits per heavy atom. The highest BCUT2D eigenvalue weighted by Crippen LogP contribution is 2.55. The molecule has 1 aromatic carbocycles. The average Bonchev–Trinajstić information content (AvgIpc) is 2.89. The Kier molecular flexibility index (Phi) is 2.48. The predicted molar refractivity (Wildman–Crippen MR) is 86.9 cm³/mol. The number of benzene rings is 1. The fourth-order valence-corrected chi connectivity index (χ4v) is 5.44. The van der Waals surface area contributed by atoms with Crippen molar-refractivity contribution in [2.45, 2.75) is 45.2 Å². The van der Waals surface area contributed by atoms with Crippen LogP contribution in [0.1, 0.15) is 43.5 Å². The first-order chi connectivity index (χ1) is 10.8. The summed E-state index contributed by atoms with van der Waals surface area (Å²) in [4.78, 5) is 15.7. The third-order valence-corrected chi connectivity index (χ3v) is 6.47. The van der Waals surface area contributed by atoms with Crippen LogP contribution in [0.15, 0.2) is 24.3 Å². The summed E-state index contributed by atoms with van der Waals surface area (Å²) in [5.74, 6) is 0.464. The molecule has 0 saturated carbocycles. The van der Waals surface area contributed by atoms with E-state index in [-0.39, 0.29) is 5.41 Å². The number of carbonyl (C=O) groups excluding carboxylic acids is 1. The molecule has 0 bridgehead atoms. The molecule has 4 heterocycles. The summed E-state index contributed by atoms with van der Waals surface area (Å²) in [6.45, 7) is 5.06. The summed E-state index contributed by atoms with van der Waals surface area (Å²) in [6.07, 6.45) is 4.36. The standard InChI is InChI=1S/C19H22N2O/c1-2-19-9-5-10-20-11-8-14-13-6-3-4-7-15(13)21(12-16(19)22)17(14)18(19)20/h3-4,6-7,18H,2,5,8-12H2,1H3/t18-,19-/m0/s1. The predicted octanol–water partition coefficient (Wildman–Crippen LogP) is 3.31. The van der Waals surface area contributed by atoms with Crippen LogP contribution in [0, 0.1) is 5.41 Å². The Labute approximate surface area is 130 Å². The van der Waals surface area contributed by atoms with E-state index in [9.17, 15) is 4.79 Å². The molecule has 0 unspecified atom stereocenters. The molecule has 0 spiro atoms. The lowest BCUT2D eigenvalue weighted by Crippen LogP contribution is -2.56. The first kappa shape index (κ1) is 12.9. The summed E-state index contributed by atoms with van der Waals surface area (Å²) in [6, 6.07) is 8.98. The van der Waals surface area contributed by atoms with E-state index in [1.165, 1.54) is 28.6 Å². The van der Waals surface area contributed by atoms with Gasteiger partial charge in [-0.15, -0.1) is 0 Å². The summed E-state index contributed by atoms with van der Waals surface area (Å²) < 4.78 is 2.34. The second-order valence-electron chi connectivity index (χ2n) is 7.19. The zero-order valence-electron chi connectivity index (χ0n) is 13.1. The zero-order valence-corrected chi connectivity index (χ0v) is 13.1. The van der Waals surface area contributed by atoms with E-state index in [1.807, 2.05) is 0 Å². The van der Waals surface area contributed by atoms with Crippen LogP contribution in [0.4, 0.5) is 0 Å². The van der Waals surface area contributed by atoms with Gasteiger partial charge in [0.15, 0.2) is 5.78 Å². The minimum Gasteiger partial charge on any atom is -0.335 e. The molecule has 5 rings (SSSR count). The molecule has 2 aromatic rings. The van der Waals surface area contributed by atoms with Gasteiger partial charge in [-0.1, -0.05) is 25.1 Å². The number of aromatic nitrogens is 1. The van der Waals surface area contributed by atoms with Gasteiger partial charge in [0.2, 0.25) is 0 Å². The Morgan fingerprint density at radius 2 is 2.14 bits per heavy atom. The number of rotatable bonds is 1. The number of ketones is 1. The Balaban J connectivity index is 1.86. The zero-order chi connectivity index (χ0) is 14.9. The Hall–Kier alpha value is -1.61. The number of Topliss-reactive ketones (excluding diaryl/α,β-unsaturated/α-hetero) is 1. The van der Waals surface area contributed by atoms with Crippen molar-refractivity contribution in [3.8, 4) is 0 Å². The molecule has 3 aliphatic heterocycles. The fraction of sp³-hybridized carbons (Fsp3) is 0.526. The van der Waals surface area contributed by atoms with E-state index >= 15 is 0 Å². The first-order valence-corrected chi connectivity index (χ1v) is 8.63.